The Balaban J connectivity index is 1.58. The fraction of sp³-hybridized carbons (Fsp3) is 0.0500. The Morgan fingerprint density at radius 1 is 1.04 bits per heavy atom. The first kappa shape index (κ1) is 17.3. The highest BCUT2D eigenvalue weighted by molar-refractivity contribution is 6.04. The lowest BCUT2D eigenvalue weighted by molar-refractivity contribution is 0.102. The molecule has 4 rings (SSSR count). The molecule has 2 aromatic carbocycles. The van der Waals surface area contributed by atoms with E-state index >= 15 is 0 Å². The van der Waals surface area contributed by atoms with Crippen molar-refractivity contribution in [2.45, 2.75) is 0 Å². The van der Waals surface area contributed by atoms with E-state index in [0.717, 1.165) is 16.8 Å². The van der Waals surface area contributed by atoms with Gasteiger partial charge in [0, 0.05) is 29.9 Å². The van der Waals surface area contributed by atoms with E-state index in [1.807, 2.05) is 31.3 Å². The van der Waals surface area contributed by atoms with Crippen LogP contribution in [0.15, 0.2) is 54.7 Å². The number of carbonyl (C=O) groups is 1. The molecule has 0 spiro atoms. The van der Waals surface area contributed by atoms with Crippen molar-refractivity contribution >= 4 is 28.4 Å². The van der Waals surface area contributed by atoms with E-state index in [2.05, 4.69) is 25.6 Å². The standard InChI is InChI=1S/C20H17N5O3/c1-21-13-5-2-11(3-6-13)19-23-14-9-18(22-10-15(14)24-19)25-20(28)12-4-7-16(26)17(27)8-12/h2-10,21,26-27H,1H3,(H,23,24)(H,22,25,28). The number of aromatic nitrogens is 3. The number of hydrogen-bond acceptors (Lipinski definition) is 6. The SMILES string of the molecule is CNc1ccc(-c2nc3cc(NC(=O)c4ccc(O)c(O)c4)ncc3[nH]2)cc1. The number of H-pyrrole nitrogens is 1. The van der Waals surface area contributed by atoms with Gasteiger partial charge in [0.15, 0.2) is 11.5 Å². The van der Waals surface area contributed by atoms with Crippen molar-refractivity contribution in [1.29, 1.82) is 0 Å². The second-order valence-corrected chi connectivity index (χ2v) is 6.16. The van der Waals surface area contributed by atoms with Crippen LogP contribution in [0.5, 0.6) is 11.5 Å². The number of phenols is 2. The largest absolute Gasteiger partial charge is 0.504 e. The highest BCUT2D eigenvalue weighted by atomic mass is 16.3. The number of phenolic OH excluding ortho intramolecular Hbond substituents is 2. The zero-order valence-corrected chi connectivity index (χ0v) is 14.9. The van der Waals surface area contributed by atoms with Gasteiger partial charge in [-0.25, -0.2) is 9.97 Å². The van der Waals surface area contributed by atoms with Crippen LogP contribution in [-0.4, -0.2) is 38.1 Å². The van der Waals surface area contributed by atoms with E-state index < -0.39 is 5.91 Å². The van der Waals surface area contributed by atoms with E-state index in [4.69, 9.17) is 0 Å². The summed E-state index contributed by atoms with van der Waals surface area (Å²) in [5, 5.41) is 24.6. The van der Waals surface area contributed by atoms with E-state index in [0.29, 0.717) is 17.2 Å². The predicted octanol–water partition coefficient (Wildman–Crippen LogP) is 3.33. The molecule has 0 aliphatic heterocycles. The highest BCUT2D eigenvalue weighted by Gasteiger charge is 2.12. The number of nitrogens with one attached hydrogen (secondary N) is 3. The molecule has 0 unspecified atom stereocenters. The molecule has 0 aliphatic rings. The summed E-state index contributed by atoms with van der Waals surface area (Å²) in [6.07, 6.45) is 1.59. The average molecular weight is 375 g/mol. The minimum absolute atomic E-state index is 0.199. The molecule has 8 heteroatoms. The number of aromatic amines is 1. The summed E-state index contributed by atoms with van der Waals surface area (Å²) in [6, 6.07) is 13.3. The lowest BCUT2D eigenvalue weighted by Crippen LogP contribution is -2.12. The average Bonchev–Trinajstić information content (AvgIpc) is 3.13. The minimum Gasteiger partial charge on any atom is -0.504 e. The Kier molecular flexibility index (Phi) is 4.29. The monoisotopic (exact) mass is 375 g/mol. The van der Waals surface area contributed by atoms with Crippen LogP contribution in [0.25, 0.3) is 22.4 Å². The fourth-order valence-corrected chi connectivity index (χ4v) is 2.76. The van der Waals surface area contributed by atoms with Gasteiger partial charge in [0.25, 0.3) is 5.91 Å². The highest BCUT2D eigenvalue weighted by Crippen LogP contribution is 2.26. The van der Waals surface area contributed by atoms with Gasteiger partial charge in [0.05, 0.1) is 17.2 Å². The van der Waals surface area contributed by atoms with Gasteiger partial charge in [-0.1, -0.05) is 0 Å². The molecule has 4 aromatic rings. The van der Waals surface area contributed by atoms with Crippen molar-refractivity contribution in [1.82, 2.24) is 15.0 Å². The predicted molar refractivity (Wildman–Crippen MR) is 107 cm³/mol. The number of nitrogens with zero attached hydrogens (tertiary/aromatic N) is 2. The number of imidazole rings is 1. The molecule has 0 aliphatic carbocycles. The summed E-state index contributed by atoms with van der Waals surface area (Å²) in [5.41, 5.74) is 3.54. The Hall–Kier alpha value is -4.07. The van der Waals surface area contributed by atoms with Crippen molar-refractivity contribution in [3.05, 3.63) is 60.3 Å². The van der Waals surface area contributed by atoms with Crippen LogP contribution >= 0.6 is 0 Å². The summed E-state index contributed by atoms with van der Waals surface area (Å²) in [4.78, 5) is 24.3. The number of benzene rings is 2. The molecule has 28 heavy (non-hydrogen) atoms. The zero-order chi connectivity index (χ0) is 19.7. The number of anilines is 2. The number of aromatic hydroxyl groups is 2. The number of hydrogen-bond donors (Lipinski definition) is 5. The van der Waals surface area contributed by atoms with Gasteiger partial charge in [-0.3, -0.25) is 4.79 Å². The number of amides is 1. The van der Waals surface area contributed by atoms with Crippen LogP contribution < -0.4 is 10.6 Å². The van der Waals surface area contributed by atoms with E-state index in [9.17, 15) is 15.0 Å². The Bertz CT molecular complexity index is 1170. The molecule has 0 radical (unpaired) electrons. The molecular weight excluding hydrogens is 358 g/mol. The Labute approximate surface area is 159 Å². The van der Waals surface area contributed by atoms with Gasteiger partial charge in [-0.05, 0) is 42.5 Å². The summed E-state index contributed by atoms with van der Waals surface area (Å²) in [6.45, 7) is 0. The Morgan fingerprint density at radius 2 is 1.82 bits per heavy atom. The van der Waals surface area contributed by atoms with Crippen LogP contribution in [-0.2, 0) is 0 Å². The first-order chi connectivity index (χ1) is 13.5. The molecule has 0 saturated heterocycles. The molecule has 0 bridgehead atoms. The second kappa shape index (κ2) is 6.92. The number of carbonyl (C=O) groups excluding carboxylic acids is 1. The molecular formula is C20H17N5O3. The normalized spacial score (nSPS) is 10.8. The van der Waals surface area contributed by atoms with Crippen molar-refractivity contribution in [3.63, 3.8) is 0 Å². The zero-order valence-electron chi connectivity index (χ0n) is 14.9. The number of pyridine rings is 1. The van der Waals surface area contributed by atoms with Crippen LogP contribution in [0, 0.1) is 0 Å². The van der Waals surface area contributed by atoms with Gasteiger partial charge in [0.1, 0.15) is 11.6 Å². The van der Waals surface area contributed by atoms with Crippen molar-refractivity contribution in [3.8, 4) is 22.9 Å². The van der Waals surface area contributed by atoms with Crippen LogP contribution in [0.2, 0.25) is 0 Å². The van der Waals surface area contributed by atoms with Gasteiger partial charge in [-0.2, -0.15) is 0 Å². The van der Waals surface area contributed by atoms with Crippen LogP contribution in [0.3, 0.4) is 0 Å². The molecule has 0 atom stereocenters. The third kappa shape index (κ3) is 3.30. The fourth-order valence-electron chi connectivity index (χ4n) is 2.76. The van der Waals surface area contributed by atoms with Crippen molar-refractivity contribution in [2.75, 3.05) is 17.7 Å². The van der Waals surface area contributed by atoms with Crippen molar-refractivity contribution < 1.29 is 15.0 Å². The van der Waals surface area contributed by atoms with Gasteiger partial charge in [0.2, 0.25) is 0 Å². The van der Waals surface area contributed by atoms with Gasteiger partial charge in [-0.15, -0.1) is 0 Å². The second-order valence-electron chi connectivity index (χ2n) is 6.16. The first-order valence-electron chi connectivity index (χ1n) is 8.51. The van der Waals surface area contributed by atoms with Gasteiger partial charge < -0.3 is 25.8 Å². The van der Waals surface area contributed by atoms with E-state index in [1.54, 1.807) is 12.3 Å². The third-order valence-corrected chi connectivity index (χ3v) is 4.29. The molecule has 2 heterocycles. The van der Waals surface area contributed by atoms with Crippen molar-refractivity contribution in [2.24, 2.45) is 0 Å². The quantitative estimate of drug-likeness (QED) is 0.349. The maximum Gasteiger partial charge on any atom is 0.256 e. The molecule has 140 valence electrons. The Morgan fingerprint density at radius 3 is 2.54 bits per heavy atom. The molecule has 0 fully saturated rings. The van der Waals surface area contributed by atoms with Gasteiger partial charge >= 0.3 is 0 Å². The summed E-state index contributed by atoms with van der Waals surface area (Å²) < 4.78 is 0. The van der Waals surface area contributed by atoms with Crippen LogP contribution in [0.1, 0.15) is 10.4 Å². The maximum absolute atomic E-state index is 12.3. The molecule has 0 saturated carbocycles. The molecule has 2 aromatic heterocycles. The first-order valence-corrected chi connectivity index (χ1v) is 8.51. The third-order valence-electron chi connectivity index (χ3n) is 4.29. The molecule has 8 nitrogen and oxygen atoms in total. The summed E-state index contributed by atoms with van der Waals surface area (Å²) in [5.74, 6) is -0.0826. The van der Waals surface area contributed by atoms with E-state index in [-0.39, 0.29) is 17.1 Å². The summed E-state index contributed by atoms with van der Waals surface area (Å²) >= 11 is 0. The maximum atomic E-state index is 12.3. The van der Waals surface area contributed by atoms with E-state index in [1.165, 1.54) is 18.2 Å². The molecule has 5 N–H and O–H groups in total. The molecule has 1 amide bonds. The lowest BCUT2D eigenvalue weighted by Gasteiger charge is -2.05. The smallest absolute Gasteiger partial charge is 0.256 e. The number of fused-ring (bicyclic) bond motifs is 1. The minimum atomic E-state index is -0.458. The topological polar surface area (TPSA) is 123 Å². The number of rotatable bonds is 4. The van der Waals surface area contributed by atoms with Crippen LogP contribution in [0.4, 0.5) is 11.5 Å². The lowest BCUT2D eigenvalue weighted by atomic mass is 10.2. The summed E-state index contributed by atoms with van der Waals surface area (Å²) in [7, 11) is 1.86.